The van der Waals surface area contributed by atoms with Gasteiger partial charge in [-0.25, -0.2) is 14.3 Å². The molecule has 3 rings (SSSR count). The predicted molar refractivity (Wildman–Crippen MR) is 128 cm³/mol. The number of aliphatic imine (C=N–C) groups is 1. The van der Waals surface area contributed by atoms with Crippen molar-refractivity contribution in [1.29, 1.82) is 0 Å². The average Bonchev–Trinajstić information content (AvgIpc) is 3.18. The molecule has 0 saturated carbocycles. The van der Waals surface area contributed by atoms with Gasteiger partial charge in [0.15, 0.2) is 0 Å². The van der Waals surface area contributed by atoms with Crippen LogP contribution in [0.25, 0.3) is 5.69 Å². The van der Waals surface area contributed by atoms with Crippen molar-refractivity contribution in [2.24, 2.45) is 4.99 Å². The summed E-state index contributed by atoms with van der Waals surface area (Å²) in [5, 5.41) is 14.0. The molecule has 0 amide bonds. The summed E-state index contributed by atoms with van der Waals surface area (Å²) in [6.45, 7) is 3.60. The van der Waals surface area contributed by atoms with E-state index in [-0.39, 0.29) is 28.1 Å². The number of aromatic amines is 1. The molecular formula is C24H24N4O7. The molecule has 11 heteroatoms. The molecule has 0 spiro atoms. The van der Waals surface area contributed by atoms with E-state index in [9.17, 15) is 24.5 Å². The SMILES string of the molecule is CCCc1[nH]n(-c2ccc([N+](=O)[O-])cc2)c(=O)c1C(C)=Nc1cc(C(=O)OC)cc(C(=O)OC)c1. The Hall–Kier alpha value is -4.54. The summed E-state index contributed by atoms with van der Waals surface area (Å²) in [5.74, 6) is -1.31. The number of methoxy groups -OCH3 is 2. The molecule has 0 unspecified atom stereocenters. The fourth-order valence-electron chi connectivity index (χ4n) is 3.59. The molecule has 3 aromatic rings. The molecule has 35 heavy (non-hydrogen) atoms. The lowest BCUT2D eigenvalue weighted by molar-refractivity contribution is -0.384. The van der Waals surface area contributed by atoms with Crippen molar-refractivity contribution in [3.63, 3.8) is 0 Å². The number of hydrogen-bond donors (Lipinski definition) is 1. The molecule has 0 atom stereocenters. The third kappa shape index (κ3) is 5.35. The number of esters is 2. The number of benzene rings is 2. The minimum Gasteiger partial charge on any atom is -0.465 e. The smallest absolute Gasteiger partial charge is 0.337 e. The van der Waals surface area contributed by atoms with Crippen molar-refractivity contribution >= 4 is 29.0 Å². The Balaban J connectivity index is 2.13. The fourth-order valence-corrected chi connectivity index (χ4v) is 3.59. The first-order valence-electron chi connectivity index (χ1n) is 10.7. The Morgan fingerprint density at radius 1 is 1.06 bits per heavy atom. The second-order valence-corrected chi connectivity index (χ2v) is 7.58. The van der Waals surface area contributed by atoms with Gasteiger partial charge >= 0.3 is 11.9 Å². The molecule has 0 aliphatic rings. The molecule has 2 aromatic carbocycles. The summed E-state index contributed by atoms with van der Waals surface area (Å²) in [6.07, 6.45) is 1.29. The van der Waals surface area contributed by atoms with Crippen LogP contribution in [0.2, 0.25) is 0 Å². The number of hydrogen-bond acceptors (Lipinski definition) is 8. The Bertz CT molecular complexity index is 1330. The number of H-pyrrole nitrogens is 1. The second-order valence-electron chi connectivity index (χ2n) is 7.58. The first-order valence-corrected chi connectivity index (χ1v) is 10.7. The molecule has 0 aliphatic heterocycles. The minimum absolute atomic E-state index is 0.0907. The van der Waals surface area contributed by atoms with Gasteiger partial charge in [-0.1, -0.05) is 13.3 Å². The van der Waals surface area contributed by atoms with Crippen LogP contribution in [0.15, 0.2) is 52.3 Å². The number of ether oxygens (including phenoxy) is 2. The van der Waals surface area contributed by atoms with E-state index in [1.807, 2.05) is 6.92 Å². The lowest BCUT2D eigenvalue weighted by Gasteiger charge is -2.06. The monoisotopic (exact) mass is 480 g/mol. The van der Waals surface area contributed by atoms with Gasteiger partial charge in [0.05, 0.1) is 52.9 Å². The molecule has 182 valence electrons. The van der Waals surface area contributed by atoms with Gasteiger partial charge in [0.2, 0.25) is 0 Å². The maximum absolute atomic E-state index is 13.3. The largest absolute Gasteiger partial charge is 0.465 e. The van der Waals surface area contributed by atoms with Gasteiger partial charge in [-0.3, -0.25) is 25.0 Å². The van der Waals surface area contributed by atoms with Crippen LogP contribution >= 0.6 is 0 Å². The number of carbonyl (C=O) groups is 2. The van der Waals surface area contributed by atoms with Crippen LogP contribution in [0.1, 0.15) is 52.2 Å². The van der Waals surface area contributed by atoms with Crippen molar-refractivity contribution in [2.75, 3.05) is 14.2 Å². The third-order valence-corrected chi connectivity index (χ3v) is 5.20. The number of rotatable bonds is 8. The minimum atomic E-state index is -0.654. The van der Waals surface area contributed by atoms with E-state index < -0.39 is 16.9 Å². The zero-order chi connectivity index (χ0) is 25.7. The van der Waals surface area contributed by atoms with Gasteiger partial charge in [0.1, 0.15) is 0 Å². The van der Waals surface area contributed by atoms with E-state index in [1.165, 1.54) is 61.4 Å². The Morgan fingerprint density at radius 2 is 1.63 bits per heavy atom. The van der Waals surface area contributed by atoms with Gasteiger partial charge in [-0.2, -0.15) is 0 Å². The molecule has 0 fully saturated rings. The van der Waals surface area contributed by atoms with Crippen molar-refractivity contribution in [3.05, 3.63) is 85.3 Å². The van der Waals surface area contributed by atoms with Crippen molar-refractivity contribution in [1.82, 2.24) is 9.78 Å². The van der Waals surface area contributed by atoms with Crippen molar-refractivity contribution in [3.8, 4) is 5.69 Å². The van der Waals surface area contributed by atoms with E-state index >= 15 is 0 Å². The van der Waals surface area contributed by atoms with E-state index in [0.29, 0.717) is 29.1 Å². The molecule has 0 radical (unpaired) electrons. The molecule has 11 nitrogen and oxygen atoms in total. The van der Waals surface area contributed by atoms with Crippen LogP contribution < -0.4 is 5.56 Å². The number of nitro groups is 1. The maximum Gasteiger partial charge on any atom is 0.337 e. The highest BCUT2D eigenvalue weighted by Crippen LogP contribution is 2.22. The van der Waals surface area contributed by atoms with Crippen LogP contribution in [0, 0.1) is 10.1 Å². The Morgan fingerprint density at radius 3 is 2.11 bits per heavy atom. The zero-order valence-electron chi connectivity index (χ0n) is 19.7. The number of non-ortho nitro benzene ring substituents is 1. The average molecular weight is 480 g/mol. The van der Waals surface area contributed by atoms with Gasteiger partial charge < -0.3 is 9.47 Å². The van der Waals surface area contributed by atoms with Crippen molar-refractivity contribution in [2.45, 2.75) is 26.7 Å². The predicted octanol–water partition coefficient (Wildman–Crippen LogP) is 3.74. The fraction of sp³-hybridized carbons (Fsp3) is 0.250. The van der Waals surface area contributed by atoms with E-state index in [2.05, 4.69) is 10.1 Å². The highest BCUT2D eigenvalue weighted by molar-refractivity contribution is 6.02. The van der Waals surface area contributed by atoms with E-state index in [4.69, 9.17) is 9.47 Å². The first kappa shape index (κ1) is 25.1. The summed E-state index contributed by atoms with van der Waals surface area (Å²) in [6, 6.07) is 9.82. The van der Waals surface area contributed by atoms with Crippen LogP contribution in [-0.2, 0) is 15.9 Å². The zero-order valence-corrected chi connectivity index (χ0v) is 19.7. The highest BCUT2D eigenvalue weighted by atomic mass is 16.6. The second kappa shape index (κ2) is 10.6. The lowest BCUT2D eigenvalue weighted by Crippen LogP contribution is -2.19. The van der Waals surface area contributed by atoms with Crippen LogP contribution in [0.5, 0.6) is 0 Å². The summed E-state index contributed by atoms with van der Waals surface area (Å²) in [4.78, 5) is 52.4. The van der Waals surface area contributed by atoms with Gasteiger partial charge in [-0.05, 0) is 43.7 Å². The van der Waals surface area contributed by atoms with E-state index in [0.717, 1.165) is 6.42 Å². The highest BCUT2D eigenvalue weighted by Gasteiger charge is 2.19. The summed E-state index contributed by atoms with van der Waals surface area (Å²) in [5.41, 5.74) is 1.73. The first-order chi connectivity index (χ1) is 16.7. The van der Waals surface area contributed by atoms with Gasteiger partial charge in [-0.15, -0.1) is 0 Å². The van der Waals surface area contributed by atoms with Crippen LogP contribution in [0.4, 0.5) is 11.4 Å². The molecule has 1 N–H and O–H groups in total. The number of carbonyl (C=O) groups excluding carboxylic acids is 2. The lowest BCUT2D eigenvalue weighted by atomic mass is 10.1. The molecular weight excluding hydrogens is 456 g/mol. The summed E-state index contributed by atoms with van der Waals surface area (Å²) in [7, 11) is 2.44. The quantitative estimate of drug-likeness (QED) is 0.224. The van der Waals surface area contributed by atoms with Gasteiger partial charge in [0, 0.05) is 17.8 Å². The molecule has 0 bridgehead atoms. The summed E-state index contributed by atoms with van der Waals surface area (Å²) >= 11 is 0. The molecule has 1 aromatic heterocycles. The third-order valence-electron chi connectivity index (χ3n) is 5.20. The number of aryl methyl sites for hydroxylation is 1. The van der Waals surface area contributed by atoms with Crippen LogP contribution in [0.3, 0.4) is 0 Å². The van der Waals surface area contributed by atoms with Crippen LogP contribution in [-0.4, -0.2) is 46.6 Å². The number of nitrogens with one attached hydrogen (secondary N) is 1. The van der Waals surface area contributed by atoms with Gasteiger partial charge in [0.25, 0.3) is 11.2 Å². The maximum atomic E-state index is 13.3. The Labute approximate surface area is 200 Å². The number of nitro benzene ring substituents is 1. The number of nitrogens with zero attached hydrogens (tertiary/aromatic N) is 3. The molecule has 0 saturated heterocycles. The normalized spacial score (nSPS) is 11.3. The van der Waals surface area contributed by atoms with E-state index in [1.54, 1.807) is 6.92 Å². The molecule has 0 aliphatic carbocycles. The van der Waals surface area contributed by atoms with Crippen molar-refractivity contribution < 1.29 is 24.0 Å². The Kier molecular flexibility index (Phi) is 7.59. The summed E-state index contributed by atoms with van der Waals surface area (Å²) < 4.78 is 10.8. The standard InChI is InChI=1S/C24H24N4O7/c1-5-6-20-21(22(29)27(26-20)18-7-9-19(10-8-18)28(32)33)14(2)25-17-12-15(23(30)34-3)11-16(13-17)24(31)35-4/h7-13,26H,5-6H2,1-4H3. The molecule has 1 heterocycles. The topological polar surface area (TPSA) is 146 Å². The number of aromatic nitrogens is 2.